The Labute approximate surface area is 167 Å². The van der Waals surface area contributed by atoms with Gasteiger partial charge in [0.1, 0.15) is 10.7 Å². The first-order valence-electron chi connectivity index (χ1n) is 8.44. The van der Waals surface area contributed by atoms with Crippen LogP contribution in [-0.2, 0) is 4.79 Å². The summed E-state index contributed by atoms with van der Waals surface area (Å²) >= 11 is 7.32. The van der Waals surface area contributed by atoms with E-state index in [9.17, 15) is 4.79 Å². The van der Waals surface area contributed by atoms with Crippen LogP contribution >= 0.6 is 22.9 Å². The summed E-state index contributed by atoms with van der Waals surface area (Å²) in [4.78, 5) is 16.7. The third-order valence-electron chi connectivity index (χ3n) is 3.66. The highest BCUT2D eigenvalue weighted by Crippen LogP contribution is 2.36. The largest absolute Gasteiger partial charge is 0.316 e. The number of rotatable bonds is 6. The van der Waals surface area contributed by atoms with E-state index in [4.69, 9.17) is 11.6 Å². The van der Waals surface area contributed by atoms with Crippen molar-refractivity contribution >= 4 is 45.2 Å². The summed E-state index contributed by atoms with van der Waals surface area (Å²) in [5.41, 5.74) is 5.45. The molecule has 0 aliphatic carbocycles. The number of hydrazone groups is 1. The molecule has 0 unspecified atom stereocenters. The summed E-state index contributed by atoms with van der Waals surface area (Å²) in [5.74, 6) is -0.169. The first-order chi connectivity index (χ1) is 13.0. The van der Waals surface area contributed by atoms with Gasteiger partial charge in [-0.2, -0.15) is 5.10 Å². The average Bonchev–Trinajstić information content (AvgIpc) is 3.05. The predicted molar refractivity (Wildman–Crippen MR) is 114 cm³/mol. The van der Waals surface area contributed by atoms with Crippen molar-refractivity contribution in [3.05, 3.63) is 65.2 Å². The lowest BCUT2D eigenvalue weighted by atomic mass is 10.1. The van der Waals surface area contributed by atoms with Crippen LogP contribution in [-0.4, -0.2) is 17.1 Å². The number of nitrogens with one attached hydrogen (secondary N) is 2. The second-order valence-electron chi connectivity index (χ2n) is 6.13. The van der Waals surface area contributed by atoms with Crippen molar-refractivity contribution in [3.8, 4) is 11.3 Å². The molecule has 27 heavy (non-hydrogen) atoms. The summed E-state index contributed by atoms with van der Waals surface area (Å²) in [6.45, 7) is 3.71. The zero-order chi connectivity index (χ0) is 19.2. The number of benzene rings is 2. The Morgan fingerprint density at radius 1 is 1.19 bits per heavy atom. The normalized spacial score (nSPS) is 11.1. The maximum absolute atomic E-state index is 12.1. The topological polar surface area (TPSA) is 66.4 Å². The molecule has 0 atom stereocenters. The minimum Gasteiger partial charge on any atom is -0.316 e. The first kappa shape index (κ1) is 19.1. The molecule has 0 bridgehead atoms. The van der Waals surface area contributed by atoms with Gasteiger partial charge in [-0.3, -0.25) is 10.2 Å². The van der Waals surface area contributed by atoms with Crippen LogP contribution in [0.15, 0.2) is 59.7 Å². The molecule has 1 aromatic heterocycles. The quantitative estimate of drug-likeness (QED) is 0.425. The Balaban J connectivity index is 1.83. The molecule has 1 heterocycles. The van der Waals surface area contributed by atoms with Crippen LogP contribution in [0, 0.1) is 5.92 Å². The maximum Gasteiger partial charge on any atom is 0.227 e. The Bertz CT molecular complexity index is 954. The summed E-state index contributed by atoms with van der Waals surface area (Å²) in [5, 5.41) is 9.10. The van der Waals surface area contributed by atoms with Crippen LogP contribution in [0.4, 0.5) is 10.1 Å². The summed E-state index contributed by atoms with van der Waals surface area (Å²) in [7, 11) is 0. The monoisotopic (exact) mass is 398 g/mol. The lowest BCUT2D eigenvalue weighted by Crippen LogP contribution is -2.17. The molecule has 0 radical (unpaired) electrons. The number of anilines is 2. The second-order valence-corrected chi connectivity index (χ2v) is 7.57. The predicted octanol–water partition coefficient (Wildman–Crippen LogP) is 5.50. The number of carbonyl (C=O) groups excluding carboxylic acids is 1. The van der Waals surface area contributed by atoms with E-state index >= 15 is 0 Å². The van der Waals surface area contributed by atoms with Crippen LogP contribution in [0.5, 0.6) is 0 Å². The second kappa shape index (κ2) is 8.79. The molecule has 0 saturated carbocycles. The van der Waals surface area contributed by atoms with Gasteiger partial charge in [-0.05, 0) is 17.7 Å². The number of amides is 1. The highest BCUT2D eigenvalue weighted by molar-refractivity contribution is 7.20. The standard InChI is InChI=1S/C20H19ClN4OS/c1-13(2)18(26)24-19-17(15-8-4-3-5-9-15)23-20(27-19)25-22-12-14-7-6-10-16(21)11-14/h3-13H,1-2H3,(H,23,25)(H,24,26). The fourth-order valence-electron chi connectivity index (χ4n) is 2.25. The lowest BCUT2D eigenvalue weighted by Gasteiger charge is -2.07. The van der Waals surface area contributed by atoms with Crippen molar-refractivity contribution in [3.63, 3.8) is 0 Å². The minimum absolute atomic E-state index is 0.0511. The highest BCUT2D eigenvalue weighted by atomic mass is 35.5. The van der Waals surface area contributed by atoms with E-state index in [2.05, 4.69) is 20.8 Å². The van der Waals surface area contributed by atoms with Crippen LogP contribution in [0.3, 0.4) is 0 Å². The first-order valence-corrected chi connectivity index (χ1v) is 9.64. The summed E-state index contributed by atoms with van der Waals surface area (Å²) in [6.07, 6.45) is 1.67. The minimum atomic E-state index is -0.118. The Hall–Kier alpha value is -2.70. The van der Waals surface area contributed by atoms with Crippen molar-refractivity contribution in [2.75, 3.05) is 10.7 Å². The summed E-state index contributed by atoms with van der Waals surface area (Å²) in [6, 6.07) is 17.1. The molecule has 2 N–H and O–H groups in total. The molecule has 0 aliphatic rings. The van der Waals surface area contributed by atoms with E-state index in [0.717, 1.165) is 16.8 Å². The van der Waals surface area contributed by atoms with Crippen LogP contribution < -0.4 is 10.7 Å². The van der Waals surface area contributed by atoms with Crippen LogP contribution in [0.25, 0.3) is 11.3 Å². The van der Waals surface area contributed by atoms with Gasteiger partial charge in [-0.15, -0.1) is 0 Å². The van der Waals surface area contributed by atoms with Crippen LogP contribution in [0.2, 0.25) is 5.02 Å². The van der Waals surface area contributed by atoms with Crippen LogP contribution in [0.1, 0.15) is 19.4 Å². The number of thiazole rings is 1. The third kappa shape index (κ3) is 5.15. The molecule has 0 fully saturated rings. The molecule has 0 spiro atoms. The van der Waals surface area contributed by atoms with E-state index in [1.165, 1.54) is 11.3 Å². The van der Waals surface area contributed by atoms with Crippen molar-refractivity contribution in [1.82, 2.24) is 4.98 Å². The third-order valence-corrected chi connectivity index (χ3v) is 4.77. The number of aromatic nitrogens is 1. The van der Waals surface area contributed by atoms with Gasteiger partial charge in [0.2, 0.25) is 11.0 Å². The van der Waals surface area contributed by atoms with Crippen molar-refractivity contribution in [2.45, 2.75) is 13.8 Å². The molecule has 1 amide bonds. The van der Waals surface area contributed by atoms with Crippen molar-refractivity contribution < 1.29 is 4.79 Å². The smallest absolute Gasteiger partial charge is 0.227 e. The molecule has 138 valence electrons. The Morgan fingerprint density at radius 3 is 2.67 bits per heavy atom. The van der Waals surface area contributed by atoms with Gasteiger partial charge < -0.3 is 5.32 Å². The molecule has 0 saturated heterocycles. The summed E-state index contributed by atoms with van der Waals surface area (Å²) < 4.78 is 0. The van der Waals surface area contributed by atoms with E-state index in [-0.39, 0.29) is 11.8 Å². The molecule has 3 aromatic rings. The molecular weight excluding hydrogens is 380 g/mol. The van der Waals surface area contributed by atoms with Gasteiger partial charge in [0.25, 0.3) is 0 Å². The van der Waals surface area contributed by atoms with Gasteiger partial charge in [-0.25, -0.2) is 4.98 Å². The van der Waals surface area contributed by atoms with Gasteiger partial charge in [0, 0.05) is 16.5 Å². The molecule has 2 aromatic carbocycles. The number of carbonyl (C=O) groups is 1. The number of hydrogen-bond donors (Lipinski definition) is 2. The van der Waals surface area contributed by atoms with Gasteiger partial charge in [0.15, 0.2) is 0 Å². The van der Waals surface area contributed by atoms with E-state index in [0.29, 0.717) is 15.2 Å². The zero-order valence-corrected chi connectivity index (χ0v) is 16.5. The molecule has 0 aliphatic heterocycles. The van der Waals surface area contributed by atoms with E-state index in [1.807, 2.05) is 68.4 Å². The fraction of sp³-hybridized carbons (Fsp3) is 0.150. The van der Waals surface area contributed by atoms with E-state index < -0.39 is 0 Å². The van der Waals surface area contributed by atoms with Crippen molar-refractivity contribution in [2.24, 2.45) is 11.0 Å². The Kier molecular flexibility index (Phi) is 6.21. The number of hydrogen-bond acceptors (Lipinski definition) is 5. The molecular formula is C20H19ClN4OS. The average molecular weight is 399 g/mol. The lowest BCUT2D eigenvalue weighted by molar-refractivity contribution is -0.118. The fourth-order valence-corrected chi connectivity index (χ4v) is 3.29. The molecule has 7 heteroatoms. The Morgan fingerprint density at radius 2 is 1.96 bits per heavy atom. The van der Waals surface area contributed by atoms with Crippen molar-refractivity contribution in [1.29, 1.82) is 0 Å². The maximum atomic E-state index is 12.1. The van der Waals surface area contributed by atoms with Gasteiger partial charge in [0.05, 0.1) is 6.21 Å². The molecule has 3 rings (SSSR count). The van der Waals surface area contributed by atoms with E-state index in [1.54, 1.807) is 6.21 Å². The molecule has 5 nitrogen and oxygen atoms in total. The number of halogens is 1. The SMILES string of the molecule is CC(C)C(=O)Nc1sc(NN=Cc2cccc(Cl)c2)nc1-c1ccccc1. The number of nitrogens with zero attached hydrogens (tertiary/aromatic N) is 2. The van der Waals surface area contributed by atoms with Gasteiger partial charge in [-0.1, -0.05) is 79.2 Å². The highest BCUT2D eigenvalue weighted by Gasteiger charge is 2.16. The zero-order valence-electron chi connectivity index (χ0n) is 14.9. The van der Waals surface area contributed by atoms with Gasteiger partial charge >= 0.3 is 0 Å².